The van der Waals surface area contributed by atoms with Crippen LogP contribution >= 0.6 is 0 Å². The molecule has 0 fully saturated rings. The SMILES string of the molecule is CNC(=O)[C@H](NC(=O)[C@H](CC(C)C)[C@H](OC)C(=O)NO)C(C)(C)F. The molecule has 8 nitrogen and oxygen atoms in total. The van der Waals surface area contributed by atoms with E-state index in [-0.39, 0.29) is 12.3 Å². The van der Waals surface area contributed by atoms with Gasteiger partial charge in [-0.15, -0.1) is 0 Å². The Balaban J connectivity index is 5.50. The van der Waals surface area contributed by atoms with E-state index in [1.54, 1.807) is 0 Å². The van der Waals surface area contributed by atoms with Crippen molar-refractivity contribution in [3.8, 4) is 0 Å². The molecule has 0 spiro atoms. The highest BCUT2D eigenvalue weighted by molar-refractivity contribution is 5.92. The number of hydrogen-bond acceptors (Lipinski definition) is 5. The van der Waals surface area contributed by atoms with Crippen molar-refractivity contribution in [1.29, 1.82) is 0 Å². The number of methoxy groups -OCH3 is 1. The van der Waals surface area contributed by atoms with Crippen LogP contribution in [0, 0.1) is 11.8 Å². The second-order valence-electron chi connectivity index (χ2n) is 6.49. The van der Waals surface area contributed by atoms with Gasteiger partial charge < -0.3 is 15.4 Å². The lowest BCUT2D eigenvalue weighted by atomic mass is 9.89. The molecular formula is C15H28FN3O5. The summed E-state index contributed by atoms with van der Waals surface area (Å²) < 4.78 is 19.3. The predicted molar refractivity (Wildman–Crippen MR) is 84.9 cm³/mol. The Morgan fingerprint density at radius 2 is 1.71 bits per heavy atom. The molecular weight excluding hydrogens is 321 g/mol. The summed E-state index contributed by atoms with van der Waals surface area (Å²) in [6.07, 6.45) is -1.03. The molecule has 0 rings (SSSR count). The van der Waals surface area contributed by atoms with Gasteiger partial charge in [0.25, 0.3) is 5.91 Å². The van der Waals surface area contributed by atoms with E-state index in [4.69, 9.17) is 9.94 Å². The van der Waals surface area contributed by atoms with E-state index >= 15 is 0 Å². The fraction of sp³-hybridized carbons (Fsp3) is 0.800. The van der Waals surface area contributed by atoms with Gasteiger partial charge >= 0.3 is 0 Å². The molecule has 9 heteroatoms. The Labute approximate surface area is 141 Å². The monoisotopic (exact) mass is 349 g/mol. The van der Waals surface area contributed by atoms with E-state index in [1.165, 1.54) is 33.5 Å². The molecule has 0 saturated carbocycles. The molecule has 0 heterocycles. The molecule has 0 aliphatic rings. The van der Waals surface area contributed by atoms with Crippen LogP contribution < -0.4 is 16.1 Å². The molecule has 0 aliphatic heterocycles. The van der Waals surface area contributed by atoms with Gasteiger partial charge in [0.05, 0.1) is 5.92 Å². The fourth-order valence-corrected chi connectivity index (χ4v) is 2.34. The van der Waals surface area contributed by atoms with Gasteiger partial charge in [-0.25, -0.2) is 9.87 Å². The number of likely N-dealkylation sites (N-methyl/N-ethyl adjacent to an activating group) is 1. The number of ether oxygens (including phenoxy) is 1. The average Bonchev–Trinajstić information content (AvgIpc) is 2.49. The van der Waals surface area contributed by atoms with E-state index in [0.717, 1.165) is 0 Å². The van der Waals surface area contributed by atoms with Gasteiger partial charge in [0.2, 0.25) is 11.8 Å². The molecule has 0 unspecified atom stereocenters. The van der Waals surface area contributed by atoms with Crippen molar-refractivity contribution in [3.05, 3.63) is 0 Å². The summed E-state index contributed by atoms with van der Waals surface area (Å²) in [7, 11) is 2.55. The quantitative estimate of drug-likeness (QED) is 0.349. The van der Waals surface area contributed by atoms with Crippen molar-refractivity contribution >= 4 is 17.7 Å². The van der Waals surface area contributed by atoms with Gasteiger partial charge in [-0.3, -0.25) is 19.6 Å². The van der Waals surface area contributed by atoms with Crippen LogP contribution in [-0.2, 0) is 19.1 Å². The van der Waals surface area contributed by atoms with E-state index in [2.05, 4.69) is 10.6 Å². The molecule has 24 heavy (non-hydrogen) atoms. The lowest BCUT2D eigenvalue weighted by Crippen LogP contribution is -2.58. The minimum atomic E-state index is -2.01. The third-order valence-corrected chi connectivity index (χ3v) is 3.53. The first kappa shape index (κ1) is 22.3. The number of carbonyl (C=O) groups excluding carboxylic acids is 3. The van der Waals surface area contributed by atoms with E-state index in [0.29, 0.717) is 0 Å². The van der Waals surface area contributed by atoms with Gasteiger partial charge in [-0.1, -0.05) is 13.8 Å². The molecule has 3 amide bonds. The molecule has 0 aromatic carbocycles. The van der Waals surface area contributed by atoms with Crippen LogP contribution in [0.25, 0.3) is 0 Å². The number of nitrogens with one attached hydrogen (secondary N) is 3. The first-order valence-electron chi connectivity index (χ1n) is 7.67. The zero-order chi connectivity index (χ0) is 19.1. The Hall–Kier alpha value is -1.74. The predicted octanol–water partition coefficient (Wildman–Crippen LogP) is 0.148. The molecule has 0 aliphatic carbocycles. The minimum Gasteiger partial charge on any atom is -0.371 e. The maximum Gasteiger partial charge on any atom is 0.273 e. The Morgan fingerprint density at radius 3 is 2.04 bits per heavy atom. The van der Waals surface area contributed by atoms with Crippen molar-refractivity contribution in [2.24, 2.45) is 11.8 Å². The van der Waals surface area contributed by atoms with Gasteiger partial charge in [-0.2, -0.15) is 0 Å². The summed E-state index contributed by atoms with van der Waals surface area (Å²) >= 11 is 0. The van der Waals surface area contributed by atoms with Crippen molar-refractivity contribution in [2.75, 3.05) is 14.2 Å². The number of hydrogen-bond donors (Lipinski definition) is 4. The lowest BCUT2D eigenvalue weighted by Gasteiger charge is -2.30. The van der Waals surface area contributed by atoms with Gasteiger partial charge in [-0.05, 0) is 26.2 Å². The van der Waals surface area contributed by atoms with Crippen LogP contribution in [-0.4, -0.2) is 54.9 Å². The number of halogens is 1. The standard InChI is InChI=1S/C15H28FN3O5/c1-8(2)7-9(10(24-6)13(21)19-23)12(20)18-11(14(22)17-5)15(3,4)16/h8-11,23H,7H2,1-6H3,(H,17,22)(H,18,20)(H,19,21)/t9-,10+,11+/m1/s1. The molecule has 4 N–H and O–H groups in total. The number of rotatable bonds is 9. The van der Waals surface area contributed by atoms with Crippen LogP contribution in [0.3, 0.4) is 0 Å². The van der Waals surface area contributed by atoms with Gasteiger partial charge in [0.15, 0.2) is 0 Å². The minimum absolute atomic E-state index is 0.0155. The van der Waals surface area contributed by atoms with Crippen LogP contribution in [0.2, 0.25) is 0 Å². The van der Waals surface area contributed by atoms with E-state index < -0.39 is 41.5 Å². The number of amides is 3. The van der Waals surface area contributed by atoms with Gasteiger partial charge in [0, 0.05) is 14.2 Å². The van der Waals surface area contributed by atoms with Gasteiger partial charge in [0.1, 0.15) is 17.8 Å². The van der Waals surface area contributed by atoms with Crippen molar-refractivity contribution in [3.63, 3.8) is 0 Å². The summed E-state index contributed by atoms with van der Waals surface area (Å²) in [5, 5.41) is 13.4. The number of alkyl halides is 1. The van der Waals surface area contributed by atoms with Crippen LogP contribution in [0.1, 0.15) is 34.1 Å². The Morgan fingerprint density at radius 1 is 1.17 bits per heavy atom. The topological polar surface area (TPSA) is 117 Å². The smallest absolute Gasteiger partial charge is 0.273 e. The largest absolute Gasteiger partial charge is 0.371 e. The highest BCUT2D eigenvalue weighted by Crippen LogP contribution is 2.21. The maximum atomic E-state index is 14.3. The average molecular weight is 349 g/mol. The number of hydroxylamine groups is 1. The van der Waals surface area contributed by atoms with E-state index in [1.807, 2.05) is 13.8 Å². The molecule has 0 aromatic heterocycles. The second kappa shape index (κ2) is 9.53. The fourth-order valence-electron chi connectivity index (χ4n) is 2.34. The van der Waals surface area contributed by atoms with Crippen LogP contribution in [0.5, 0.6) is 0 Å². The molecule has 140 valence electrons. The summed E-state index contributed by atoms with van der Waals surface area (Å²) in [5.41, 5.74) is -0.569. The zero-order valence-electron chi connectivity index (χ0n) is 15.0. The molecule has 0 saturated heterocycles. The third kappa shape index (κ3) is 6.40. The number of carbonyl (C=O) groups is 3. The normalized spacial score (nSPS) is 15.4. The van der Waals surface area contributed by atoms with Crippen LogP contribution in [0.15, 0.2) is 0 Å². The molecule has 3 atom stereocenters. The van der Waals surface area contributed by atoms with Crippen molar-refractivity contribution in [2.45, 2.75) is 51.9 Å². The molecule has 0 bridgehead atoms. The first-order chi connectivity index (χ1) is 11.0. The second-order valence-corrected chi connectivity index (χ2v) is 6.49. The molecule has 0 aromatic rings. The first-order valence-corrected chi connectivity index (χ1v) is 7.67. The summed E-state index contributed by atoms with van der Waals surface area (Å²) in [6, 6.07) is -1.43. The van der Waals surface area contributed by atoms with Crippen molar-refractivity contribution < 1.29 is 28.7 Å². The van der Waals surface area contributed by atoms with Crippen LogP contribution in [0.4, 0.5) is 4.39 Å². The highest BCUT2D eigenvalue weighted by atomic mass is 19.1. The summed E-state index contributed by atoms with van der Waals surface area (Å²) in [5.74, 6) is -3.29. The van der Waals surface area contributed by atoms with E-state index in [9.17, 15) is 18.8 Å². The Kier molecular flexibility index (Phi) is 8.84. The highest BCUT2D eigenvalue weighted by Gasteiger charge is 2.40. The third-order valence-electron chi connectivity index (χ3n) is 3.53. The Bertz CT molecular complexity index is 451. The zero-order valence-corrected chi connectivity index (χ0v) is 15.0. The molecule has 0 radical (unpaired) electrons. The summed E-state index contributed by atoms with van der Waals surface area (Å²) in [4.78, 5) is 36.2. The summed E-state index contributed by atoms with van der Waals surface area (Å²) in [6.45, 7) is 6.00. The van der Waals surface area contributed by atoms with Crippen molar-refractivity contribution in [1.82, 2.24) is 16.1 Å². The lowest BCUT2D eigenvalue weighted by molar-refractivity contribution is -0.150. The maximum absolute atomic E-state index is 14.3.